The molecule has 3 aromatic rings. The molecule has 0 fully saturated rings. The monoisotopic (exact) mass is 255 g/mol. The number of methoxy groups -OCH3 is 1. The van der Waals surface area contributed by atoms with Gasteiger partial charge in [0.15, 0.2) is 11.5 Å². The zero-order valence-electron chi connectivity index (χ0n) is 10.6. The van der Waals surface area contributed by atoms with Crippen molar-refractivity contribution in [3.05, 3.63) is 30.1 Å². The van der Waals surface area contributed by atoms with E-state index in [1.807, 2.05) is 25.1 Å². The van der Waals surface area contributed by atoms with Crippen molar-refractivity contribution in [2.45, 2.75) is 6.92 Å². The van der Waals surface area contributed by atoms with Gasteiger partial charge in [-0.2, -0.15) is 0 Å². The molecule has 0 radical (unpaired) electrons. The molecule has 6 heteroatoms. The lowest BCUT2D eigenvalue weighted by Gasteiger charge is -2.05. The number of nitrogens with two attached hydrogens (primary N) is 1. The molecule has 6 nitrogen and oxygen atoms in total. The van der Waals surface area contributed by atoms with Gasteiger partial charge in [0.05, 0.1) is 7.11 Å². The largest absolute Gasteiger partial charge is 0.496 e. The van der Waals surface area contributed by atoms with Gasteiger partial charge < -0.3 is 15.5 Å². The van der Waals surface area contributed by atoms with Crippen LogP contribution in [0, 0.1) is 6.92 Å². The highest BCUT2D eigenvalue weighted by Crippen LogP contribution is 2.26. The van der Waals surface area contributed by atoms with Crippen LogP contribution >= 0.6 is 0 Å². The molecule has 0 aliphatic rings. The Morgan fingerprint density at radius 1 is 1.26 bits per heavy atom. The van der Waals surface area contributed by atoms with Crippen LogP contribution in [0.15, 0.2) is 24.5 Å². The third kappa shape index (κ3) is 1.87. The molecule has 3 N–H and O–H groups in total. The number of nitrogens with one attached hydrogen (secondary N) is 1. The fourth-order valence-electron chi connectivity index (χ4n) is 2.01. The van der Waals surface area contributed by atoms with Crippen LogP contribution in [0.5, 0.6) is 5.75 Å². The fraction of sp³-hybridized carbons (Fsp3) is 0.154. The van der Waals surface area contributed by atoms with Crippen LogP contribution in [0.1, 0.15) is 5.56 Å². The summed E-state index contributed by atoms with van der Waals surface area (Å²) in [4.78, 5) is 15.6. The molecule has 0 aliphatic heterocycles. The van der Waals surface area contributed by atoms with Gasteiger partial charge in [0.25, 0.3) is 0 Å². The zero-order chi connectivity index (χ0) is 13.4. The minimum atomic E-state index is 0.397. The number of benzene rings is 1. The molecule has 0 saturated heterocycles. The molecule has 3 rings (SSSR count). The number of hydrogen-bond donors (Lipinski definition) is 2. The first-order valence-corrected chi connectivity index (χ1v) is 5.80. The third-order valence-electron chi connectivity index (χ3n) is 2.99. The lowest BCUT2D eigenvalue weighted by atomic mass is 10.1. The van der Waals surface area contributed by atoms with Crippen LogP contribution in [-0.4, -0.2) is 27.0 Å². The Bertz CT molecular complexity index is 750. The lowest BCUT2D eigenvalue weighted by molar-refractivity contribution is 0.412. The Morgan fingerprint density at radius 3 is 2.79 bits per heavy atom. The molecule has 2 heterocycles. The molecule has 96 valence electrons. The van der Waals surface area contributed by atoms with Crippen LogP contribution in [0.3, 0.4) is 0 Å². The molecule has 0 aliphatic carbocycles. The van der Waals surface area contributed by atoms with Gasteiger partial charge in [0.2, 0.25) is 0 Å². The number of fused-ring (bicyclic) bond motifs is 1. The Balaban J connectivity index is 2.14. The average molecular weight is 255 g/mol. The Labute approximate surface area is 109 Å². The molecule has 2 aromatic heterocycles. The number of H-pyrrole nitrogens is 1. The molecule has 0 atom stereocenters. The van der Waals surface area contributed by atoms with E-state index in [-0.39, 0.29) is 0 Å². The number of nitrogen functional groups attached to an aromatic ring is 1. The van der Waals surface area contributed by atoms with Gasteiger partial charge in [-0.15, -0.1) is 0 Å². The molecule has 0 bridgehead atoms. The predicted molar refractivity (Wildman–Crippen MR) is 72.8 cm³/mol. The maximum absolute atomic E-state index is 5.78. The van der Waals surface area contributed by atoms with Crippen LogP contribution in [-0.2, 0) is 0 Å². The molecule has 19 heavy (non-hydrogen) atoms. The zero-order valence-corrected chi connectivity index (χ0v) is 10.6. The first-order valence-electron chi connectivity index (χ1n) is 5.80. The molecule has 0 spiro atoms. The standard InChI is InChI=1S/C13H13N5O/c1-7-5-8(3-4-9(7)19-2)12-17-10-11(14)15-6-16-13(10)18-12/h3-6H,1-2H3,(H3,14,15,16,17,18). The fourth-order valence-corrected chi connectivity index (χ4v) is 2.01. The smallest absolute Gasteiger partial charge is 0.183 e. The summed E-state index contributed by atoms with van der Waals surface area (Å²) in [5.41, 5.74) is 9.00. The molecule has 0 amide bonds. The summed E-state index contributed by atoms with van der Waals surface area (Å²) < 4.78 is 5.24. The second-order valence-electron chi connectivity index (χ2n) is 4.23. The van der Waals surface area contributed by atoms with E-state index in [9.17, 15) is 0 Å². The van der Waals surface area contributed by atoms with E-state index in [1.165, 1.54) is 6.33 Å². The maximum atomic E-state index is 5.78. The number of hydrogen-bond acceptors (Lipinski definition) is 5. The summed E-state index contributed by atoms with van der Waals surface area (Å²) in [5, 5.41) is 0. The summed E-state index contributed by atoms with van der Waals surface area (Å²) >= 11 is 0. The highest BCUT2D eigenvalue weighted by Gasteiger charge is 2.10. The van der Waals surface area contributed by atoms with Crippen LogP contribution in [0.2, 0.25) is 0 Å². The van der Waals surface area contributed by atoms with E-state index in [1.54, 1.807) is 7.11 Å². The van der Waals surface area contributed by atoms with Crippen molar-refractivity contribution in [1.29, 1.82) is 0 Å². The average Bonchev–Trinajstić information content (AvgIpc) is 2.84. The number of rotatable bonds is 2. The van der Waals surface area contributed by atoms with Crippen molar-refractivity contribution >= 4 is 17.0 Å². The van der Waals surface area contributed by atoms with Gasteiger partial charge in [-0.25, -0.2) is 15.0 Å². The number of aromatic nitrogens is 4. The Hall–Kier alpha value is -2.63. The number of aryl methyl sites for hydroxylation is 1. The minimum absolute atomic E-state index is 0.397. The summed E-state index contributed by atoms with van der Waals surface area (Å²) in [6.07, 6.45) is 1.40. The van der Waals surface area contributed by atoms with Gasteiger partial charge in [0, 0.05) is 5.56 Å². The Morgan fingerprint density at radius 2 is 2.11 bits per heavy atom. The molecule has 0 saturated carbocycles. The van der Waals surface area contributed by atoms with E-state index >= 15 is 0 Å². The van der Waals surface area contributed by atoms with Crippen LogP contribution in [0.25, 0.3) is 22.6 Å². The SMILES string of the molecule is COc1ccc(-c2nc3ncnc(N)c3[nH]2)cc1C. The summed E-state index contributed by atoms with van der Waals surface area (Å²) in [6.45, 7) is 1.99. The minimum Gasteiger partial charge on any atom is -0.496 e. The normalized spacial score (nSPS) is 10.8. The first kappa shape index (κ1) is 11.5. The Kier molecular flexibility index (Phi) is 2.56. The number of aromatic amines is 1. The van der Waals surface area contributed by atoms with Crippen molar-refractivity contribution in [1.82, 2.24) is 19.9 Å². The van der Waals surface area contributed by atoms with Crippen LogP contribution in [0.4, 0.5) is 5.82 Å². The summed E-state index contributed by atoms with van der Waals surface area (Å²) in [5.74, 6) is 1.96. The van der Waals surface area contributed by atoms with Crippen molar-refractivity contribution < 1.29 is 4.74 Å². The lowest BCUT2D eigenvalue weighted by Crippen LogP contribution is -1.91. The summed E-state index contributed by atoms with van der Waals surface area (Å²) in [7, 11) is 1.65. The van der Waals surface area contributed by atoms with E-state index in [0.29, 0.717) is 22.8 Å². The van der Waals surface area contributed by atoms with Crippen molar-refractivity contribution in [2.24, 2.45) is 0 Å². The van der Waals surface area contributed by atoms with E-state index in [2.05, 4.69) is 19.9 Å². The number of anilines is 1. The van der Waals surface area contributed by atoms with E-state index in [0.717, 1.165) is 16.9 Å². The number of imidazole rings is 1. The van der Waals surface area contributed by atoms with E-state index < -0.39 is 0 Å². The second-order valence-corrected chi connectivity index (χ2v) is 4.23. The molecular weight excluding hydrogens is 242 g/mol. The molecule has 0 unspecified atom stereocenters. The van der Waals surface area contributed by atoms with Gasteiger partial charge in [-0.05, 0) is 30.7 Å². The van der Waals surface area contributed by atoms with Crippen LogP contribution < -0.4 is 10.5 Å². The topological polar surface area (TPSA) is 89.7 Å². The quantitative estimate of drug-likeness (QED) is 0.730. The van der Waals surface area contributed by atoms with Gasteiger partial charge in [-0.1, -0.05) is 0 Å². The molecule has 1 aromatic carbocycles. The van der Waals surface area contributed by atoms with Crippen molar-refractivity contribution in [2.75, 3.05) is 12.8 Å². The van der Waals surface area contributed by atoms with E-state index in [4.69, 9.17) is 10.5 Å². The van der Waals surface area contributed by atoms with Gasteiger partial charge in [0.1, 0.15) is 23.4 Å². The van der Waals surface area contributed by atoms with Crippen molar-refractivity contribution in [3.8, 4) is 17.1 Å². The maximum Gasteiger partial charge on any atom is 0.183 e. The number of ether oxygens (including phenoxy) is 1. The first-order chi connectivity index (χ1) is 9.19. The highest BCUT2D eigenvalue weighted by molar-refractivity contribution is 5.84. The number of nitrogens with zero attached hydrogens (tertiary/aromatic N) is 3. The van der Waals surface area contributed by atoms with Crippen molar-refractivity contribution in [3.63, 3.8) is 0 Å². The molecular formula is C13H13N5O. The highest BCUT2D eigenvalue weighted by atomic mass is 16.5. The third-order valence-corrected chi connectivity index (χ3v) is 2.99. The van der Waals surface area contributed by atoms with Gasteiger partial charge >= 0.3 is 0 Å². The summed E-state index contributed by atoms with van der Waals surface area (Å²) in [6, 6.07) is 5.85. The predicted octanol–water partition coefficient (Wildman–Crippen LogP) is 1.92. The van der Waals surface area contributed by atoms with Gasteiger partial charge in [-0.3, -0.25) is 0 Å². The second kappa shape index (κ2) is 4.24.